The number of hydrogen-bond donors (Lipinski definition) is 1. The summed E-state index contributed by atoms with van der Waals surface area (Å²) in [4.78, 5) is 11.5. The quantitative estimate of drug-likeness (QED) is 0.929. The Labute approximate surface area is 133 Å². The number of hydrogen-bond acceptors (Lipinski definition) is 5. The Morgan fingerprint density at radius 3 is 2.76 bits per heavy atom. The molecule has 1 aromatic heterocycles. The van der Waals surface area contributed by atoms with Crippen LogP contribution in [0.2, 0.25) is 0 Å². The maximum Gasteiger partial charge on any atom is 0.147 e. The van der Waals surface area contributed by atoms with Crippen molar-refractivity contribution in [1.29, 1.82) is 0 Å². The molecule has 2 rings (SSSR count). The van der Waals surface area contributed by atoms with Gasteiger partial charge in [0.05, 0.1) is 11.9 Å². The molecular weight excluding hydrogens is 280 g/mol. The first kappa shape index (κ1) is 16.6. The summed E-state index contributed by atoms with van der Waals surface area (Å²) in [5.74, 6) is 2.17. The molecule has 0 spiro atoms. The molecule has 5 heteroatoms. The average Bonchev–Trinajstić information content (AvgIpc) is 2.57. The minimum atomic E-state index is 0.0982. The second-order valence-electron chi connectivity index (χ2n) is 7.32. The molecule has 0 bridgehead atoms. The number of nitrogens with one attached hydrogen (secondary N) is 1. The number of thioether (sulfide) groups is 1. The summed E-state index contributed by atoms with van der Waals surface area (Å²) in [7, 11) is 0. The summed E-state index contributed by atoms with van der Waals surface area (Å²) in [6, 6.07) is 0. The minimum Gasteiger partial charge on any atom is -0.354 e. The van der Waals surface area contributed by atoms with Gasteiger partial charge in [-0.05, 0) is 27.2 Å². The third-order valence-corrected chi connectivity index (χ3v) is 5.01. The topological polar surface area (TPSA) is 41.1 Å². The molecule has 0 saturated carbocycles. The summed E-state index contributed by atoms with van der Waals surface area (Å²) >= 11 is 2.06. The summed E-state index contributed by atoms with van der Waals surface area (Å²) < 4.78 is 0.369. The van der Waals surface area contributed by atoms with Crippen LogP contribution in [0, 0.1) is 0 Å². The molecule has 1 aliphatic rings. The molecule has 0 atom stereocenters. The molecule has 0 amide bonds. The van der Waals surface area contributed by atoms with E-state index < -0.39 is 0 Å². The summed E-state index contributed by atoms with van der Waals surface area (Å²) in [5, 5.41) is 3.47. The predicted octanol–water partition coefficient (Wildman–Crippen LogP) is 3.09. The van der Waals surface area contributed by atoms with Crippen LogP contribution in [0.15, 0.2) is 12.4 Å². The standard InChI is InChI=1S/C16H28N4S/c1-15(2,3)18-11-13-10-17-12-14(19-13)20-7-6-16(4,5)21-9-8-20/h10,12,18H,6-9,11H2,1-5H3. The Hall–Kier alpha value is -0.810. The van der Waals surface area contributed by atoms with E-state index in [9.17, 15) is 0 Å². The first-order chi connectivity index (χ1) is 9.75. The van der Waals surface area contributed by atoms with Crippen LogP contribution >= 0.6 is 11.8 Å². The van der Waals surface area contributed by atoms with Gasteiger partial charge >= 0.3 is 0 Å². The van der Waals surface area contributed by atoms with E-state index in [1.165, 1.54) is 6.42 Å². The molecule has 1 aliphatic heterocycles. The van der Waals surface area contributed by atoms with Crippen molar-refractivity contribution in [1.82, 2.24) is 15.3 Å². The van der Waals surface area contributed by atoms with Crippen molar-refractivity contribution in [2.45, 2.75) is 57.9 Å². The Morgan fingerprint density at radius 1 is 1.29 bits per heavy atom. The number of nitrogens with zero attached hydrogens (tertiary/aromatic N) is 3. The lowest BCUT2D eigenvalue weighted by atomic mass is 10.1. The smallest absolute Gasteiger partial charge is 0.147 e. The Bertz CT molecular complexity index is 468. The van der Waals surface area contributed by atoms with Crippen LogP contribution < -0.4 is 10.2 Å². The molecule has 0 aromatic carbocycles. The third-order valence-electron chi connectivity index (χ3n) is 3.63. The van der Waals surface area contributed by atoms with Gasteiger partial charge in [-0.1, -0.05) is 13.8 Å². The van der Waals surface area contributed by atoms with E-state index in [2.05, 4.69) is 61.6 Å². The van der Waals surface area contributed by atoms with Crippen LogP contribution in [0.3, 0.4) is 0 Å². The number of rotatable bonds is 3. The zero-order valence-corrected chi connectivity index (χ0v) is 14.8. The van der Waals surface area contributed by atoms with Crippen molar-refractivity contribution in [3.63, 3.8) is 0 Å². The molecule has 118 valence electrons. The Balaban J connectivity index is 2.03. The molecule has 0 aliphatic carbocycles. The van der Waals surface area contributed by atoms with Crippen molar-refractivity contribution in [3.05, 3.63) is 18.1 Å². The molecule has 0 unspecified atom stereocenters. The maximum absolute atomic E-state index is 4.78. The van der Waals surface area contributed by atoms with E-state index in [0.29, 0.717) is 4.75 Å². The van der Waals surface area contributed by atoms with Crippen LogP contribution in [0.25, 0.3) is 0 Å². The largest absolute Gasteiger partial charge is 0.354 e. The van der Waals surface area contributed by atoms with Crippen LogP contribution in [-0.2, 0) is 6.54 Å². The van der Waals surface area contributed by atoms with Gasteiger partial charge in [-0.25, -0.2) is 4.98 Å². The van der Waals surface area contributed by atoms with E-state index in [-0.39, 0.29) is 5.54 Å². The summed E-state index contributed by atoms with van der Waals surface area (Å²) in [6.07, 6.45) is 4.94. The summed E-state index contributed by atoms with van der Waals surface area (Å²) in [6.45, 7) is 14.0. The SMILES string of the molecule is CC(C)(C)NCc1cncc(N2CCSC(C)(C)CC2)n1. The lowest BCUT2D eigenvalue weighted by Gasteiger charge is -2.24. The highest BCUT2D eigenvalue weighted by Crippen LogP contribution is 2.31. The van der Waals surface area contributed by atoms with E-state index >= 15 is 0 Å². The highest BCUT2D eigenvalue weighted by molar-refractivity contribution is 8.00. The van der Waals surface area contributed by atoms with Crippen molar-refractivity contribution in [3.8, 4) is 0 Å². The highest BCUT2D eigenvalue weighted by atomic mass is 32.2. The molecule has 1 saturated heterocycles. The van der Waals surface area contributed by atoms with Gasteiger partial charge < -0.3 is 10.2 Å². The zero-order chi connectivity index (χ0) is 15.5. The Kier molecular flexibility index (Phi) is 5.15. The second kappa shape index (κ2) is 6.53. The molecule has 0 radical (unpaired) electrons. The van der Waals surface area contributed by atoms with E-state index in [4.69, 9.17) is 4.98 Å². The van der Waals surface area contributed by atoms with Crippen molar-refractivity contribution in [2.24, 2.45) is 0 Å². The normalized spacial score (nSPS) is 19.4. The van der Waals surface area contributed by atoms with Gasteiger partial charge in [0.25, 0.3) is 0 Å². The average molecular weight is 308 g/mol. The number of aromatic nitrogens is 2. The van der Waals surface area contributed by atoms with Crippen molar-refractivity contribution < 1.29 is 0 Å². The molecule has 1 N–H and O–H groups in total. The van der Waals surface area contributed by atoms with Gasteiger partial charge in [0.2, 0.25) is 0 Å². The molecule has 21 heavy (non-hydrogen) atoms. The van der Waals surface area contributed by atoms with E-state index in [1.807, 2.05) is 12.4 Å². The zero-order valence-electron chi connectivity index (χ0n) is 13.9. The highest BCUT2D eigenvalue weighted by Gasteiger charge is 2.24. The number of anilines is 1. The molecule has 2 heterocycles. The molecule has 1 aromatic rings. The van der Waals surface area contributed by atoms with Gasteiger partial charge in [-0.3, -0.25) is 4.98 Å². The molecule has 4 nitrogen and oxygen atoms in total. The van der Waals surface area contributed by atoms with Crippen LogP contribution in [0.5, 0.6) is 0 Å². The van der Waals surface area contributed by atoms with Crippen molar-refractivity contribution >= 4 is 17.6 Å². The lowest BCUT2D eigenvalue weighted by Crippen LogP contribution is -2.35. The molecular formula is C16H28N4S. The first-order valence-corrected chi connectivity index (χ1v) is 8.69. The van der Waals surface area contributed by atoms with E-state index in [1.54, 1.807) is 0 Å². The van der Waals surface area contributed by atoms with Crippen LogP contribution in [0.4, 0.5) is 5.82 Å². The monoisotopic (exact) mass is 308 g/mol. The first-order valence-electron chi connectivity index (χ1n) is 7.70. The Morgan fingerprint density at radius 2 is 2.05 bits per heavy atom. The van der Waals surface area contributed by atoms with Gasteiger partial charge in [-0.15, -0.1) is 0 Å². The minimum absolute atomic E-state index is 0.0982. The van der Waals surface area contributed by atoms with Gasteiger partial charge in [0, 0.05) is 41.9 Å². The van der Waals surface area contributed by atoms with Crippen LogP contribution in [-0.4, -0.2) is 39.1 Å². The van der Waals surface area contributed by atoms with Gasteiger partial charge in [0.15, 0.2) is 0 Å². The third kappa shape index (κ3) is 5.47. The second-order valence-corrected chi connectivity index (χ2v) is 9.12. The van der Waals surface area contributed by atoms with Crippen molar-refractivity contribution in [2.75, 3.05) is 23.7 Å². The van der Waals surface area contributed by atoms with Gasteiger partial charge in [0.1, 0.15) is 5.82 Å². The maximum atomic E-state index is 4.78. The lowest BCUT2D eigenvalue weighted by molar-refractivity contribution is 0.421. The fraction of sp³-hybridized carbons (Fsp3) is 0.750. The summed E-state index contributed by atoms with van der Waals surface area (Å²) in [5.41, 5.74) is 1.11. The fourth-order valence-corrected chi connectivity index (χ4v) is 3.34. The van der Waals surface area contributed by atoms with Crippen LogP contribution in [0.1, 0.15) is 46.7 Å². The predicted molar refractivity (Wildman–Crippen MR) is 92.0 cm³/mol. The molecule has 1 fully saturated rings. The fourth-order valence-electron chi connectivity index (χ4n) is 2.24. The van der Waals surface area contributed by atoms with E-state index in [0.717, 1.165) is 36.9 Å². The van der Waals surface area contributed by atoms with Gasteiger partial charge in [-0.2, -0.15) is 11.8 Å².